The Morgan fingerprint density at radius 3 is 2.86 bits per heavy atom. The van der Waals surface area contributed by atoms with Crippen molar-refractivity contribution in [2.75, 3.05) is 0 Å². The predicted molar refractivity (Wildman–Crippen MR) is 89.8 cm³/mol. The molecule has 0 N–H and O–H groups in total. The minimum atomic E-state index is 0.110. The maximum Gasteiger partial charge on any atom is 0.226 e. The summed E-state index contributed by atoms with van der Waals surface area (Å²) >= 11 is 1.69. The second-order valence-electron chi connectivity index (χ2n) is 6.21. The van der Waals surface area contributed by atoms with Crippen LogP contribution in [0.25, 0.3) is 0 Å². The summed E-state index contributed by atoms with van der Waals surface area (Å²) in [6.07, 6.45) is 2.72. The number of amides is 1. The quantitative estimate of drug-likeness (QED) is 0.862. The molecule has 0 spiro atoms. The Balaban J connectivity index is 1.73. The smallest absolute Gasteiger partial charge is 0.226 e. The minimum absolute atomic E-state index is 0.110. The van der Waals surface area contributed by atoms with Gasteiger partial charge in [-0.25, -0.2) is 4.98 Å². The molecule has 1 aromatic heterocycles. The zero-order chi connectivity index (χ0) is 15.5. The van der Waals surface area contributed by atoms with Gasteiger partial charge in [0.1, 0.15) is 0 Å². The molecule has 0 saturated carbocycles. The van der Waals surface area contributed by atoms with E-state index in [1.807, 2.05) is 28.6 Å². The van der Waals surface area contributed by atoms with Gasteiger partial charge in [-0.1, -0.05) is 30.3 Å². The zero-order valence-electron chi connectivity index (χ0n) is 13.2. The highest BCUT2D eigenvalue weighted by Gasteiger charge is 2.30. The van der Waals surface area contributed by atoms with Crippen molar-refractivity contribution in [3.05, 3.63) is 52.0 Å². The summed E-state index contributed by atoms with van der Waals surface area (Å²) < 4.78 is 0. The number of nitrogens with zero attached hydrogens (tertiary/aromatic N) is 2. The van der Waals surface area contributed by atoms with Gasteiger partial charge in [0.2, 0.25) is 5.91 Å². The minimum Gasteiger partial charge on any atom is -0.336 e. The van der Waals surface area contributed by atoms with E-state index in [2.05, 4.69) is 31.0 Å². The topological polar surface area (TPSA) is 33.2 Å². The molecular formula is C18H22N2OS. The number of carbonyl (C=O) groups excluding carboxylic acids is 1. The molecule has 1 heterocycles. The molecule has 3 nitrogen and oxygen atoms in total. The number of aryl methyl sites for hydroxylation is 1. The van der Waals surface area contributed by atoms with Crippen LogP contribution in [0.1, 0.15) is 36.4 Å². The molecule has 1 amide bonds. The van der Waals surface area contributed by atoms with Crippen molar-refractivity contribution in [2.24, 2.45) is 5.92 Å². The highest BCUT2D eigenvalue weighted by molar-refractivity contribution is 7.09. The summed E-state index contributed by atoms with van der Waals surface area (Å²) in [5, 5.41) is 0. The molecule has 116 valence electrons. The standard InChI is InChI=1S/C18H22N2OS/c1-13(2)20(11-14-6-4-3-5-7-14)18(21)15-8-9-16-17(10-15)22-12-19-16/h3-7,12-13,15H,8-11H2,1-2H3. The maximum atomic E-state index is 13.0. The second kappa shape index (κ2) is 6.61. The lowest BCUT2D eigenvalue weighted by molar-refractivity contribution is -0.138. The van der Waals surface area contributed by atoms with Crippen molar-refractivity contribution in [3.8, 4) is 0 Å². The number of rotatable bonds is 4. The molecule has 0 bridgehead atoms. The molecule has 4 heteroatoms. The number of carbonyl (C=O) groups is 1. The van der Waals surface area contributed by atoms with Crippen LogP contribution in [0.3, 0.4) is 0 Å². The van der Waals surface area contributed by atoms with Crippen LogP contribution >= 0.6 is 11.3 Å². The summed E-state index contributed by atoms with van der Waals surface area (Å²) in [6, 6.07) is 10.5. The van der Waals surface area contributed by atoms with Crippen LogP contribution in [0.15, 0.2) is 35.8 Å². The van der Waals surface area contributed by atoms with Gasteiger partial charge >= 0.3 is 0 Å². The number of thiazole rings is 1. The SMILES string of the molecule is CC(C)N(Cc1ccccc1)C(=O)C1CCc2ncsc2C1. The van der Waals surface area contributed by atoms with E-state index < -0.39 is 0 Å². The van der Waals surface area contributed by atoms with Crippen LogP contribution in [0.2, 0.25) is 0 Å². The monoisotopic (exact) mass is 314 g/mol. The van der Waals surface area contributed by atoms with Crippen LogP contribution < -0.4 is 0 Å². The Kier molecular flexibility index (Phi) is 4.57. The van der Waals surface area contributed by atoms with Gasteiger partial charge in [-0.3, -0.25) is 4.79 Å². The van der Waals surface area contributed by atoms with Gasteiger partial charge < -0.3 is 4.90 Å². The number of aromatic nitrogens is 1. The van der Waals surface area contributed by atoms with Crippen LogP contribution in [0.4, 0.5) is 0 Å². The summed E-state index contributed by atoms with van der Waals surface area (Å²) in [6.45, 7) is 4.90. The van der Waals surface area contributed by atoms with Gasteiger partial charge in [-0.2, -0.15) is 0 Å². The first-order chi connectivity index (χ1) is 10.6. The third kappa shape index (κ3) is 3.22. The molecule has 22 heavy (non-hydrogen) atoms. The third-order valence-corrected chi connectivity index (χ3v) is 5.24. The molecule has 1 aromatic carbocycles. The Hall–Kier alpha value is -1.68. The maximum absolute atomic E-state index is 13.0. The lowest BCUT2D eigenvalue weighted by atomic mass is 9.89. The van der Waals surface area contributed by atoms with Crippen molar-refractivity contribution < 1.29 is 4.79 Å². The van der Waals surface area contributed by atoms with Crippen LogP contribution in [0.5, 0.6) is 0 Å². The Morgan fingerprint density at radius 1 is 1.36 bits per heavy atom. The van der Waals surface area contributed by atoms with Crippen LogP contribution in [0, 0.1) is 5.92 Å². The summed E-state index contributed by atoms with van der Waals surface area (Å²) in [5.41, 5.74) is 4.30. The van der Waals surface area contributed by atoms with Crippen LogP contribution in [-0.2, 0) is 24.2 Å². The number of fused-ring (bicyclic) bond motifs is 1. The summed E-state index contributed by atoms with van der Waals surface area (Å²) in [5.74, 6) is 0.400. The number of hydrogen-bond acceptors (Lipinski definition) is 3. The molecule has 1 unspecified atom stereocenters. The van der Waals surface area contributed by atoms with Crippen molar-refractivity contribution in [3.63, 3.8) is 0 Å². The van der Waals surface area contributed by atoms with E-state index in [0.29, 0.717) is 6.54 Å². The lowest BCUT2D eigenvalue weighted by Crippen LogP contribution is -2.41. The molecule has 1 aliphatic carbocycles. The average Bonchev–Trinajstić information content (AvgIpc) is 3.00. The molecule has 0 fully saturated rings. The fraction of sp³-hybridized carbons (Fsp3) is 0.444. The van der Waals surface area contributed by atoms with Crippen molar-refractivity contribution >= 4 is 17.2 Å². The highest BCUT2D eigenvalue weighted by atomic mass is 32.1. The Bertz CT molecular complexity index is 636. The van der Waals surface area contributed by atoms with E-state index in [1.165, 1.54) is 16.1 Å². The van der Waals surface area contributed by atoms with E-state index in [-0.39, 0.29) is 17.9 Å². The van der Waals surface area contributed by atoms with Crippen LogP contribution in [-0.4, -0.2) is 21.8 Å². The van der Waals surface area contributed by atoms with Crippen molar-refractivity contribution in [1.29, 1.82) is 0 Å². The van der Waals surface area contributed by atoms with E-state index >= 15 is 0 Å². The molecule has 1 atom stereocenters. The normalized spacial score (nSPS) is 17.3. The number of hydrogen-bond donors (Lipinski definition) is 0. The molecular weight excluding hydrogens is 292 g/mol. The first-order valence-electron chi connectivity index (χ1n) is 7.91. The average molecular weight is 314 g/mol. The predicted octanol–water partition coefficient (Wildman–Crippen LogP) is 3.69. The summed E-state index contributed by atoms with van der Waals surface area (Å²) in [7, 11) is 0. The van der Waals surface area contributed by atoms with E-state index in [1.54, 1.807) is 11.3 Å². The fourth-order valence-electron chi connectivity index (χ4n) is 3.04. The van der Waals surface area contributed by atoms with Gasteiger partial charge in [0, 0.05) is 23.4 Å². The molecule has 0 radical (unpaired) electrons. The van der Waals surface area contributed by atoms with Gasteiger partial charge in [0.25, 0.3) is 0 Å². The molecule has 1 aliphatic rings. The van der Waals surface area contributed by atoms with Gasteiger partial charge in [-0.05, 0) is 38.7 Å². The van der Waals surface area contributed by atoms with Gasteiger partial charge in [-0.15, -0.1) is 11.3 Å². The molecule has 0 saturated heterocycles. The third-order valence-electron chi connectivity index (χ3n) is 4.34. The van der Waals surface area contributed by atoms with E-state index in [9.17, 15) is 4.79 Å². The van der Waals surface area contributed by atoms with E-state index in [4.69, 9.17) is 0 Å². The molecule has 2 aromatic rings. The largest absolute Gasteiger partial charge is 0.336 e. The molecule has 0 aliphatic heterocycles. The number of benzene rings is 1. The van der Waals surface area contributed by atoms with Gasteiger partial charge in [0.15, 0.2) is 0 Å². The highest BCUT2D eigenvalue weighted by Crippen LogP contribution is 2.29. The lowest BCUT2D eigenvalue weighted by Gasteiger charge is -2.32. The Morgan fingerprint density at radius 2 is 2.14 bits per heavy atom. The van der Waals surface area contributed by atoms with Crippen molar-refractivity contribution in [1.82, 2.24) is 9.88 Å². The summed E-state index contributed by atoms with van der Waals surface area (Å²) in [4.78, 5) is 20.7. The molecule has 3 rings (SSSR count). The first kappa shape index (κ1) is 15.2. The van der Waals surface area contributed by atoms with Gasteiger partial charge in [0.05, 0.1) is 11.2 Å². The van der Waals surface area contributed by atoms with E-state index in [0.717, 1.165) is 19.3 Å². The zero-order valence-corrected chi connectivity index (χ0v) is 14.0. The Labute approximate surface area is 136 Å². The first-order valence-corrected chi connectivity index (χ1v) is 8.78. The van der Waals surface area contributed by atoms with Crippen molar-refractivity contribution in [2.45, 2.75) is 45.7 Å². The fourth-order valence-corrected chi connectivity index (χ4v) is 3.94. The second-order valence-corrected chi connectivity index (χ2v) is 7.15.